The van der Waals surface area contributed by atoms with Crippen LogP contribution in [0.5, 0.6) is 5.75 Å². The molecule has 0 spiro atoms. The molecule has 1 aliphatic heterocycles. The zero-order chi connectivity index (χ0) is 37.8. The van der Waals surface area contributed by atoms with E-state index in [2.05, 4.69) is 31.0 Å². The second-order valence-corrected chi connectivity index (χ2v) is 15.3. The second-order valence-electron chi connectivity index (χ2n) is 15.3. The Labute approximate surface area is 308 Å². The number of fused-ring (bicyclic) bond motifs is 1. The van der Waals surface area contributed by atoms with Crippen molar-refractivity contribution in [1.29, 1.82) is 0 Å². The SMILES string of the molecule is C=CCCC1(C)CCN(c2c([C@H](OC(C)(C)C)C(=O)OC)c(C)nc3cc(-c4cccc(-c5cc(C(C)=O)ccc5O[C@@H](C)CC=C)c4)nn23)CC1. The number of benzene rings is 2. The molecule has 52 heavy (non-hydrogen) atoms. The topological polar surface area (TPSA) is 95.3 Å². The lowest BCUT2D eigenvalue weighted by atomic mass is 9.76. The number of carbonyl (C=O) groups excluding carboxylic acids is 2. The molecule has 9 heteroatoms. The Balaban J connectivity index is 1.66. The van der Waals surface area contributed by atoms with Crippen molar-refractivity contribution in [1.82, 2.24) is 14.6 Å². The van der Waals surface area contributed by atoms with E-state index in [1.54, 1.807) is 13.0 Å². The Bertz CT molecular complexity index is 1950. The number of hydrogen-bond donors (Lipinski definition) is 0. The van der Waals surface area contributed by atoms with E-state index in [4.69, 9.17) is 24.3 Å². The first-order chi connectivity index (χ1) is 24.7. The number of Topliss-reactive ketones (excluding diaryl/α,β-unsaturated/α-hetero) is 1. The number of rotatable bonds is 14. The predicted octanol–water partition coefficient (Wildman–Crippen LogP) is 9.52. The van der Waals surface area contributed by atoms with Crippen LogP contribution >= 0.6 is 0 Å². The van der Waals surface area contributed by atoms with E-state index >= 15 is 0 Å². The minimum Gasteiger partial charge on any atom is -0.490 e. The van der Waals surface area contributed by atoms with E-state index in [-0.39, 0.29) is 17.3 Å². The van der Waals surface area contributed by atoms with E-state index in [0.717, 1.165) is 67.0 Å². The van der Waals surface area contributed by atoms with Gasteiger partial charge in [0.05, 0.1) is 30.1 Å². The number of aryl methyl sites for hydroxylation is 1. The Morgan fingerprint density at radius 1 is 1.04 bits per heavy atom. The minimum atomic E-state index is -1.00. The molecule has 0 unspecified atom stereocenters. The number of carbonyl (C=O) groups is 2. The number of hydrogen-bond acceptors (Lipinski definition) is 8. The van der Waals surface area contributed by atoms with Crippen LogP contribution in [-0.2, 0) is 14.3 Å². The number of ether oxygens (including phenoxy) is 3. The van der Waals surface area contributed by atoms with Gasteiger partial charge in [-0.05, 0) is 102 Å². The summed E-state index contributed by atoms with van der Waals surface area (Å²) in [5.41, 5.74) is 5.46. The van der Waals surface area contributed by atoms with Crippen molar-refractivity contribution in [2.45, 2.75) is 98.4 Å². The molecular formula is C43H54N4O5. The first kappa shape index (κ1) is 38.5. The van der Waals surface area contributed by atoms with Crippen molar-refractivity contribution in [2.75, 3.05) is 25.1 Å². The molecule has 0 amide bonds. The molecule has 2 aromatic heterocycles. The maximum absolute atomic E-state index is 13.5. The van der Waals surface area contributed by atoms with E-state index in [1.807, 2.05) is 87.7 Å². The van der Waals surface area contributed by atoms with E-state index in [9.17, 15) is 9.59 Å². The number of allylic oxidation sites excluding steroid dienone is 1. The Kier molecular flexibility index (Phi) is 11.7. The lowest BCUT2D eigenvalue weighted by molar-refractivity contribution is -0.164. The Morgan fingerprint density at radius 3 is 2.38 bits per heavy atom. The molecule has 4 aromatic rings. The number of ketones is 1. The number of esters is 1. The van der Waals surface area contributed by atoms with Gasteiger partial charge in [0.2, 0.25) is 0 Å². The highest BCUT2D eigenvalue weighted by molar-refractivity contribution is 5.96. The highest BCUT2D eigenvalue weighted by Crippen LogP contribution is 2.42. The standard InChI is InChI=1S/C43H54N4O5/c1-11-13-20-43(9)21-23-46(24-22-43)40-38(39(41(49)50-10)52-42(6,7)8)29(4)44-37-27-35(45-47(37)40)33-17-14-16-32(25-33)34-26-31(30(5)48)18-19-36(34)51-28(3)15-12-2/h11-12,14,16-19,25-28,39H,1-2,13,15,20-24H2,3-10H3/t28-,39-/m0/s1. The summed E-state index contributed by atoms with van der Waals surface area (Å²) >= 11 is 0. The summed E-state index contributed by atoms with van der Waals surface area (Å²) in [6, 6.07) is 15.6. The Morgan fingerprint density at radius 2 is 1.75 bits per heavy atom. The van der Waals surface area contributed by atoms with Gasteiger partial charge in [-0.3, -0.25) is 4.79 Å². The van der Waals surface area contributed by atoms with Gasteiger partial charge in [-0.15, -0.1) is 13.2 Å². The molecule has 9 nitrogen and oxygen atoms in total. The van der Waals surface area contributed by atoms with E-state index in [1.165, 1.54) is 7.11 Å². The lowest BCUT2D eigenvalue weighted by Crippen LogP contribution is -2.41. The van der Waals surface area contributed by atoms with Gasteiger partial charge in [0.1, 0.15) is 11.6 Å². The Hall–Kier alpha value is -4.76. The average Bonchev–Trinajstić information content (AvgIpc) is 3.53. The maximum Gasteiger partial charge on any atom is 0.339 e. The highest BCUT2D eigenvalue weighted by atomic mass is 16.6. The molecular weight excluding hydrogens is 652 g/mol. The van der Waals surface area contributed by atoms with Gasteiger partial charge in [0.25, 0.3) is 0 Å². The lowest BCUT2D eigenvalue weighted by Gasteiger charge is -2.41. The molecule has 0 aliphatic carbocycles. The molecule has 0 saturated carbocycles. The monoisotopic (exact) mass is 706 g/mol. The van der Waals surface area contributed by atoms with Crippen LogP contribution in [0.4, 0.5) is 5.82 Å². The summed E-state index contributed by atoms with van der Waals surface area (Å²) in [6.45, 7) is 23.0. The van der Waals surface area contributed by atoms with Crippen LogP contribution in [0.2, 0.25) is 0 Å². The third-order valence-electron chi connectivity index (χ3n) is 9.86. The van der Waals surface area contributed by atoms with Crippen molar-refractivity contribution in [3.05, 3.63) is 90.7 Å². The van der Waals surface area contributed by atoms with Crippen molar-refractivity contribution in [3.8, 4) is 28.1 Å². The largest absolute Gasteiger partial charge is 0.490 e. The highest BCUT2D eigenvalue weighted by Gasteiger charge is 2.38. The third kappa shape index (κ3) is 8.64. The van der Waals surface area contributed by atoms with Gasteiger partial charge in [0.15, 0.2) is 17.5 Å². The summed E-state index contributed by atoms with van der Waals surface area (Å²) in [7, 11) is 1.38. The van der Waals surface area contributed by atoms with Crippen LogP contribution in [0.25, 0.3) is 28.0 Å². The van der Waals surface area contributed by atoms with Crippen LogP contribution in [0.3, 0.4) is 0 Å². The van der Waals surface area contributed by atoms with Gasteiger partial charge in [-0.2, -0.15) is 9.61 Å². The normalized spacial score (nSPS) is 15.6. The minimum absolute atomic E-state index is 0.0207. The molecule has 1 fully saturated rings. The summed E-state index contributed by atoms with van der Waals surface area (Å²) in [5.74, 6) is 0.971. The molecule has 3 heterocycles. The van der Waals surface area contributed by atoms with Crippen LogP contribution in [-0.4, -0.2) is 58.3 Å². The zero-order valence-corrected chi connectivity index (χ0v) is 32.1. The molecule has 1 aliphatic rings. The van der Waals surface area contributed by atoms with Gasteiger partial charge in [-0.1, -0.05) is 37.3 Å². The first-order valence-corrected chi connectivity index (χ1v) is 18.2. The molecule has 0 radical (unpaired) electrons. The smallest absolute Gasteiger partial charge is 0.339 e. The summed E-state index contributed by atoms with van der Waals surface area (Å²) in [6.07, 6.45) is 7.45. The average molecular weight is 707 g/mol. The van der Waals surface area contributed by atoms with Gasteiger partial charge in [0, 0.05) is 48.0 Å². The van der Waals surface area contributed by atoms with Crippen LogP contribution < -0.4 is 9.64 Å². The molecule has 0 bridgehead atoms. The molecule has 0 N–H and O–H groups in total. The fourth-order valence-electron chi connectivity index (χ4n) is 6.93. The van der Waals surface area contributed by atoms with E-state index < -0.39 is 17.7 Å². The fraction of sp³-hybridized carbons (Fsp3) is 0.442. The predicted molar refractivity (Wildman–Crippen MR) is 208 cm³/mol. The maximum atomic E-state index is 13.5. The number of aromatic nitrogens is 3. The summed E-state index contributed by atoms with van der Waals surface area (Å²) in [5, 5.41) is 5.18. The van der Waals surface area contributed by atoms with Gasteiger partial charge in [-0.25, -0.2) is 9.78 Å². The number of piperidine rings is 1. The van der Waals surface area contributed by atoms with Crippen LogP contribution in [0, 0.1) is 12.3 Å². The fourth-order valence-corrected chi connectivity index (χ4v) is 6.93. The van der Waals surface area contributed by atoms with E-state index in [0.29, 0.717) is 34.6 Å². The first-order valence-electron chi connectivity index (χ1n) is 18.2. The van der Waals surface area contributed by atoms with Crippen molar-refractivity contribution < 1.29 is 23.8 Å². The molecule has 2 aromatic carbocycles. The zero-order valence-electron chi connectivity index (χ0n) is 32.1. The molecule has 2 atom stereocenters. The number of methoxy groups -OCH3 is 1. The van der Waals surface area contributed by atoms with Gasteiger partial charge >= 0.3 is 5.97 Å². The molecule has 276 valence electrons. The van der Waals surface area contributed by atoms with Crippen LogP contribution in [0.1, 0.15) is 101 Å². The second kappa shape index (κ2) is 15.9. The van der Waals surface area contributed by atoms with Crippen molar-refractivity contribution >= 4 is 23.2 Å². The molecule has 5 rings (SSSR count). The van der Waals surface area contributed by atoms with Crippen LogP contribution in [0.15, 0.2) is 73.8 Å². The van der Waals surface area contributed by atoms with Crippen molar-refractivity contribution in [3.63, 3.8) is 0 Å². The summed E-state index contributed by atoms with van der Waals surface area (Å²) in [4.78, 5) is 33.2. The number of anilines is 1. The van der Waals surface area contributed by atoms with Gasteiger partial charge < -0.3 is 19.1 Å². The van der Waals surface area contributed by atoms with Crippen molar-refractivity contribution in [2.24, 2.45) is 5.41 Å². The quantitative estimate of drug-likeness (QED) is 0.0727. The number of nitrogens with zero attached hydrogens (tertiary/aromatic N) is 4. The summed E-state index contributed by atoms with van der Waals surface area (Å²) < 4.78 is 19.9. The third-order valence-corrected chi connectivity index (χ3v) is 9.86. The molecule has 1 saturated heterocycles.